The van der Waals surface area contributed by atoms with E-state index in [1.165, 1.54) is 5.56 Å². The average Bonchev–Trinajstić information content (AvgIpc) is 3.30. The van der Waals surface area contributed by atoms with Crippen LogP contribution < -0.4 is 10.1 Å². The summed E-state index contributed by atoms with van der Waals surface area (Å²) in [6.07, 6.45) is 3.30. The first-order chi connectivity index (χ1) is 15.4. The SMILES string of the molecule is c1ccc(OCCSCc2nnc(-c3ccc(CNCc4ccncn4)cc3)o2)cc1. The number of ether oxygens (including phenoxy) is 1. The Hall–Kier alpha value is -3.23. The molecule has 2 heterocycles. The Kier molecular flexibility index (Phi) is 7.62. The molecule has 31 heavy (non-hydrogen) atoms. The lowest BCUT2D eigenvalue weighted by molar-refractivity contribution is 0.344. The van der Waals surface area contributed by atoms with E-state index >= 15 is 0 Å². The molecule has 0 radical (unpaired) electrons. The van der Waals surface area contributed by atoms with Crippen molar-refractivity contribution in [3.05, 3.63) is 90.3 Å². The van der Waals surface area contributed by atoms with Crippen LogP contribution in [0.15, 0.2) is 77.6 Å². The predicted molar refractivity (Wildman–Crippen MR) is 120 cm³/mol. The highest BCUT2D eigenvalue weighted by molar-refractivity contribution is 7.98. The van der Waals surface area contributed by atoms with Crippen LogP contribution >= 0.6 is 11.8 Å². The van der Waals surface area contributed by atoms with Crippen molar-refractivity contribution in [2.75, 3.05) is 12.4 Å². The average molecular weight is 434 g/mol. The van der Waals surface area contributed by atoms with E-state index in [1.54, 1.807) is 24.3 Å². The molecule has 0 amide bonds. The van der Waals surface area contributed by atoms with Crippen LogP contribution in [-0.4, -0.2) is 32.5 Å². The summed E-state index contributed by atoms with van der Waals surface area (Å²) >= 11 is 1.71. The minimum Gasteiger partial charge on any atom is -0.493 e. The molecular formula is C23H23N5O2S. The summed E-state index contributed by atoms with van der Waals surface area (Å²) in [5, 5.41) is 11.7. The summed E-state index contributed by atoms with van der Waals surface area (Å²) in [5.74, 6) is 3.56. The first-order valence-corrected chi connectivity index (χ1v) is 11.2. The van der Waals surface area contributed by atoms with Crippen LogP contribution in [0.25, 0.3) is 11.5 Å². The molecule has 7 nitrogen and oxygen atoms in total. The molecule has 8 heteroatoms. The van der Waals surface area contributed by atoms with Crippen molar-refractivity contribution in [3.8, 4) is 17.2 Å². The molecule has 158 valence electrons. The standard InChI is InChI=1S/C23H23N5O2S/c1-2-4-21(5-3-1)29-12-13-31-16-22-27-28-23(30-22)19-8-6-18(7-9-19)14-25-15-20-10-11-24-17-26-20/h1-11,17,25H,12-16H2. The second-order valence-corrected chi connectivity index (χ2v) is 7.82. The number of rotatable bonds is 11. The smallest absolute Gasteiger partial charge is 0.247 e. The fourth-order valence-corrected chi connectivity index (χ4v) is 3.48. The minimum absolute atomic E-state index is 0.539. The predicted octanol–water partition coefficient (Wildman–Crippen LogP) is 4.13. The lowest BCUT2D eigenvalue weighted by atomic mass is 10.1. The molecule has 0 spiro atoms. The zero-order valence-corrected chi connectivity index (χ0v) is 17.8. The third kappa shape index (κ3) is 6.63. The largest absolute Gasteiger partial charge is 0.493 e. The summed E-state index contributed by atoms with van der Waals surface area (Å²) in [4.78, 5) is 8.12. The van der Waals surface area contributed by atoms with Gasteiger partial charge in [0.25, 0.3) is 0 Å². The summed E-state index contributed by atoms with van der Waals surface area (Å²) < 4.78 is 11.5. The molecule has 0 atom stereocenters. The van der Waals surface area contributed by atoms with Crippen molar-refractivity contribution in [1.82, 2.24) is 25.5 Å². The van der Waals surface area contributed by atoms with Crippen LogP contribution in [0.2, 0.25) is 0 Å². The Morgan fingerprint density at radius 1 is 0.935 bits per heavy atom. The maximum atomic E-state index is 5.80. The summed E-state index contributed by atoms with van der Waals surface area (Å²) in [5.41, 5.74) is 3.05. The second-order valence-electron chi connectivity index (χ2n) is 6.72. The van der Waals surface area contributed by atoms with E-state index in [9.17, 15) is 0 Å². The van der Waals surface area contributed by atoms with Gasteiger partial charge in [-0.3, -0.25) is 0 Å². The highest BCUT2D eigenvalue weighted by Crippen LogP contribution is 2.20. The molecule has 4 aromatic rings. The van der Waals surface area contributed by atoms with E-state index in [0.29, 0.717) is 30.7 Å². The zero-order chi connectivity index (χ0) is 21.1. The van der Waals surface area contributed by atoms with E-state index in [4.69, 9.17) is 9.15 Å². The van der Waals surface area contributed by atoms with Crippen molar-refractivity contribution in [1.29, 1.82) is 0 Å². The van der Waals surface area contributed by atoms with Crippen LogP contribution in [0, 0.1) is 0 Å². The number of nitrogens with one attached hydrogen (secondary N) is 1. The molecule has 2 aromatic heterocycles. The van der Waals surface area contributed by atoms with Crippen LogP contribution in [0.4, 0.5) is 0 Å². The lowest BCUT2D eigenvalue weighted by Crippen LogP contribution is -2.13. The molecule has 0 aliphatic rings. The molecule has 0 saturated heterocycles. The van der Waals surface area contributed by atoms with Gasteiger partial charge in [0.05, 0.1) is 18.1 Å². The van der Waals surface area contributed by atoms with Gasteiger partial charge in [-0.1, -0.05) is 30.3 Å². The van der Waals surface area contributed by atoms with Crippen molar-refractivity contribution in [3.63, 3.8) is 0 Å². The molecule has 4 rings (SSSR count). The number of hydrogen-bond acceptors (Lipinski definition) is 8. The lowest BCUT2D eigenvalue weighted by Gasteiger charge is -2.05. The number of hydrogen-bond donors (Lipinski definition) is 1. The van der Waals surface area contributed by atoms with E-state index in [1.807, 2.05) is 48.5 Å². The molecule has 0 aliphatic carbocycles. The van der Waals surface area contributed by atoms with E-state index in [0.717, 1.165) is 29.3 Å². The number of aromatic nitrogens is 4. The van der Waals surface area contributed by atoms with Crippen LogP contribution in [0.5, 0.6) is 5.75 Å². The topological polar surface area (TPSA) is 86.0 Å². The van der Waals surface area contributed by atoms with E-state index < -0.39 is 0 Å². The van der Waals surface area contributed by atoms with E-state index in [-0.39, 0.29) is 0 Å². The van der Waals surface area contributed by atoms with Crippen molar-refractivity contribution in [2.24, 2.45) is 0 Å². The Labute approximate surface area is 185 Å². The Bertz CT molecular complexity index is 1040. The van der Waals surface area contributed by atoms with Gasteiger partial charge in [-0.05, 0) is 35.9 Å². The Balaban J connectivity index is 1.19. The van der Waals surface area contributed by atoms with Gasteiger partial charge in [0.1, 0.15) is 12.1 Å². The summed E-state index contributed by atoms with van der Waals surface area (Å²) in [6.45, 7) is 2.09. The molecule has 1 N–H and O–H groups in total. The number of para-hydroxylation sites is 1. The van der Waals surface area contributed by atoms with Gasteiger partial charge in [-0.15, -0.1) is 22.0 Å². The number of thioether (sulfide) groups is 1. The van der Waals surface area contributed by atoms with Gasteiger partial charge >= 0.3 is 0 Å². The Morgan fingerprint density at radius 2 is 1.81 bits per heavy atom. The monoisotopic (exact) mass is 433 g/mol. The van der Waals surface area contributed by atoms with Gasteiger partial charge in [0.15, 0.2) is 0 Å². The summed E-state index contributed by atoms with van der Waals surface area (Å²) in [7, 11) is 0. The van der Waals surface area contributed by atoms with Gasteiger partial charge in [0.2, 0.25) is 11.8 Å². The molecule has 0 bridgehead atoms. The molecule has 2 aromatic carbocycles. The highest BCUT2D eigenvalue weighted by atomic mass is 32.2. The first kappa shape index (κ1) is 21.0. The number of nitrogens with zero attached hydrogens (tertiary/aromatic N) is 4. The van der Waals surface area contributed by atoms with Crippen LogP contribution in [0.3, 0.4) is 0 Å². The third-order valence-electron chi connectivity index (χ3n) is 4.41. The minimum atomic E-state index is 0.539. The highest BCUT2D eigenvalue weighted by Gasteiger charge is 2.09. The van der Waals surface area contributed by atoms with Crippen molar-refractivity contribution < 1.29 is 9.15 Å². The molecule has 0 fully saturated rings. The Morgan fingerprint density at radius 3 is 2.61 bits per heavy atom. The zero-order valence-electron chi connectivity index (χ0n) is 17.0. The number of benzene rings is 2. The molecule has 0 saturated carbocycles. The third-order valence-corrected chi connectivity index (χ3v) is 5.32. The first-order valence-electron chi connectivity index (χ1n) is 10.00. The second kappa shape index (κ2) is 11.2. The van der Waals surface area contributed by atoms with Gasteiger partial charge in [-0.25, -0.2) is 9.97 Å². The maximum absolute atomic E-state index is 5.80. The normalized spacial score (nSPS) is 10.8. The van der Waals surface area contributed by atoms with Gasteiger partial charge < -0.3 is 14.5 Å². The van der Waals surface area contributed by atoms with Crippen molar-refractivity contribution in [2.45, 2.75) is 18.8 Å². The fourth-order valence-electron chi connectivity index (χ4n) is 2.85. The molecule has 0 aliphatic heterocycles. The summed E-state index contributed by atoms with van der Waals surface area (Å²) in [6, 6.07) is 19.8. The molecule has 0 unspecified atom stereocenters. The van der Waals surface area contributed by atoms with Crippen molar-refractivity contribution >= 4 is 11.8 Å². The quantitative estimate of drug-likeness (QED) is 0.353. The molecular weight excluding hydrogens is 410 g/mol. The van der Waals surface area contributed by atoms with Gasteiger partial charge in [0, 0.05) is 30.6 Å². The van der Waals surface area contributed by atoms with E-state index in [2.05, 4.69) is 37.6 Å². The fraction of sp³-hybridized carbons (Fsp3) is 0.217. The maximum Gasteiger partial charge on any atom is 0.247 e. The van der Waals surface area contributed by atoms with Crippen LogP contribution in [0.1, 0.15) is 17.1 Å². The van der Waals surface area contributed by atoms with Gasteiger partial charge in [-0.2, -0.15) is 0 Å². The van der Waals surface area contributed by atoms with Crippen LogP contribution in [-0.2, 0) is 18.8 Å².